The van der Waals surface area contributed by atoms with Crippen LogP contribution in [0.2, 0.25) is 10.0 Å². The standard InChI is InChI=1S/C16H16BrCl2NS/c1-20-11(9-12-14(18)6-4-7-15(12)19)10-21-16-8-3-2-5-13(16)17/h2-8,11,20H,9-10H2,1H3. The first-order chi connectivity index (χ1) is 10.1. The minimum Gasteiger partial charge on any atom is -0.316 e. The maximum Gasteiger partial charge on any atom is 0.0453 e. The number of likely N-dealkylation sites (N-methyl/N-ethyl adjacent to an activating group) is 1. The van der Waals surface area contributed by atoms with Gasteiger partial charge in [0.2, 0.25) is 0 Å². The highest BCUT2D eigenvalue weighted by Crippen LogP contribution is 2.30. The number of nitrogens with one attached hydrogen (secondary N) is 1. The van der Waals surface area contributed by atoms with Crippen molar-refractivity contribution < 1.29 is 0 Å². The lowest BCUT2D eigenvalue weighted by molar-refractivity contribution is 0.617. The molecule has 0 aliphatic rings. The predicted octanol–water partition coefficient (Wildman–Crippen LogP) is 5.68. The first-order valence-corrected chi connectivity index (χ1v) is 9.12. The third-order valence-electron chi connectivity index (χ3n) is 3.20. The van der Waals surface area contributed by atoms with Crippen LogP contribution in [0.1, 0.15) is 5.56 Å². The van der Waals surface area contributed by atoms with Gasteiger partial charge in [-0.15, -0.1) is 11.8 Å². The molecule has 0 saturated heterocycles. The number of rotatable bonds is 6. The van der Waals surface area contributed by atoms with Gasteiger partial charge < -0.3 is 5.32 Å². The lowest BCUT2D eigenvalue weighted by atomic mass is 10.1. The molecule has 1 atom stereocenters. The van der Waals surface area contributed by atoms with Gasteiger partial charge in [-0.1, -0.05) is 41.4 Å². The summed E-state index contributed by atoms with van der Waals surface area (Å²) in [5.74, 6) is 0.945. The maximum atomic E-state index is 6.25. The largest absolute Gasteiger partial charge is 0.316 e. The van der Waals surface area contributed by atoms with Crippen LogP contribution in [0.3, 0.4) is 0 Å². The van der Waals surface area contributed by atoms with Crippen molar-refractivity contribution >= 4 is 50.9 Å². The Labute approximate surface area is 148 Å². The van der Waals surface area contributed by atoms with E-state index in [2.05, 4.69) is 33.4 Å². The Kier molecular flexibility index (Phi) is 6.90. The average molecular weight is 405 g/mol. The Balaban J connectivity index is 2.02. The summed E-state index contributed by atoms with van der Waals surface area (Å²) in [6.45, 7) is 0. The average Bonchev–Trinajstić information content (AvgIpc) is 2.48. The Morgan fingerprint density at radius 3 is 2.38 bits per heavy atom. The smallest absolute Gasteiger partial charge is 0.0453 e. The van der Waals surface area contributed by atoms with Crippen LogP contribution in [0, 0.1) is 0 Å². The van der Waals surface area contributed by atoms with Gasteiger partial charge in [0.25, 0.3) is 0 Å². The summed E-state index contributed by atoms with van der Waals surface area (Å²) in [6.07, 6.45) is 0.812. The van der Waals surface area contributed by atoms with Crippen LogP contribution in [-0.2, 0) is 6.42 Å². The van der Waals surface area contributed by atoms with Gasteiger partial charge >= 0.3 is 0 Å². The number of benzene rings is 2. The van der Waals surface area contributed by atoms with E-state index in [1.54, 1.807) is 0 Å². The zero-order valence-electron chi connectivity index (χ0n) is 11.6. The highest BCUT2D eigenvalue weighted by atomic mass is 79.9. The minimum absolute atomic E-state index is 0.305. The van der Waals surface area contributed by atoms with E-state index in [1.165, 1.54) is 4.90 Å². The van der Waals surface area contributed by atoms with Crippen LogP contribution >= 0.6 is 50.9 Å². The van der Waals surface area contributed by atoms with E-state index in [0.29, 0.717) is 6.04 Å². The summed E-state index contributed by atoms with van der Waals surface area (Å²) in [7, 11) is 1.97. The molecule has 1 unspecified atom stereocenters. The summed E-state index contributed by atoms with van der Waals surface area (Å²) in [5.41, 5.74) is 1.01. The van der Waals surface area contributed by atoms with Crippen molar-refractivity contribution in [2.75, 3.05) is 12.8 Å². The van der Waals surface area contributed by atoms with Crippen molar-refractivity contribution in [1.29, 1.82) is 0 Å². The first kappa shape index (κ1) is 17.2. The molecule has 1 nitrogen and oxygen atoms in total. The molecular formula is C16H16BrCl2NS. The van der Waals surface area contributed by atoms with Gasteiger partial charge in [-0.25, -0.2) is 0 Å². The first-order valence-electron chi connectivity index (χ1n) is 6.59. The minimum atomic E-state index is 0.305. The van der Waals surface area contributed by atoms with Crippen LogP contribution in [0.25, 0.3) is 0 Å². The maximum absolute atomic E-state index is 6.25. The second-order valence-electron chi connectivity index (χ2n) is 4.63. The van der Waals surface area contributed by atoms with Crippen LogP contribution < -0.4 is 5.32 Å². The van der Waals surface area contributed by atoms with Crippen molar-refractivity contribution in [3.8, 4) is 0 Å². The van der Waals surface area contributed by atoms with E-state index in [0.717, 1.165) is 32.3 Å². The van der Waals surface area contributed by atoms with E-state index < -0.39 is 0 Å². The predicted molar refractivity (Wildman–Crippen MR) is 97.9 cm³/mol. The highest BCUT2D eigenvalue weighted by molar-refractivity contribution is 9.10. The quantitative estimate of drug-likeness (QED) is 0.621. The SMILES string of the molecule is CNC(CSc1ccccc1Br)Cc1c(Cl)cccc1Cl. The van der Waals surface area contributed by atoms with Gasteiger partial charge in [0.1, 0.15) is 0 Å². The van der Waals surface area contributed by atoms with Gasteiger partial charge in [0, 0.05) is 31.2 Å². The molecule has 2 aromatic carbocycles. The zero-order valence-corrected chi connectivity index (χ0v) is 15.5. The molecular weight excluding hydrogens is 389 g/mol. The molecule has 2 aromatic rings. The third-order valence-corrected chi connectivity index (χ3v) is 6.10. The van der Waals surface area contributed by atoms with Crippen LogP contribution in [0.15, 0.2) is 51.8 Å². The third kappa shape index (κ3) is 4.90. The van der Waals surface area contributed by atoms with Gasteiger partial charge in [0.05, 0.1) is 0 Å². The second kappa shape index (κ2) is 8.44. The van der Waals surface area contributed by atoms with Crippen LogP contribution in [-0.4, -0.2) is 18.8 Å². The fourth-order valence-corrected chi connectivity index (χ4v) is 4.20. The number of hydrogen-bond donors (Lipinski definition) is 1. The monoisotopic (exact) mass is 403 g/mol. The fourth-order valence-electron chi connectivity index (χ4n) is 1.97. The molecule has 1 N–H and O–H groups in total. The van der Waals surface area contributed by atoms with E-state index in [-0.39, 0.29) is 0 Å². The van der Waals surface area contributed by atoms with Gasteiger partial charge in [-0.3, -0.25) is 0 Å². The molecule has 112 valence electrons. The number of halogens is 3. The van der Waals surface area contributed by atoms with Crippen molar-refractivity contribution in [2.24, 2.45) is 0 Å². The Morgan fingerprint density at radius 2 is 1.76 bits per heavy atom. The molecule has 0 spiro atoms. The fraction of sp³-hybridized carbons (Fsp3) is 0.250. The number of hydrogen-bond acceptors (Lipinski definition) is 2. The van der Waals surface area contributed by atoms with Crippen LogP contribution in [0.4, 0.5) is 0 Å². The van der Waals surface area contributed by atoms with Crippen LogP contribution in [0.5, 0.6) is 0 Å². The van der Waals surface area contributed by atoms with Crippen molar-refractivity contribution in [1.82, 2.24) is 5.32 Å². The molecule has 0 radical (unpaired) electrons. The highest BCUT2D eigenvalue weighted by Gasteiger charge is 2.13. The molecule has 0 bridgehead atoms. The zero-order chi connectivity index (χ0) is 15.2. The summed E-state index contributed by atoms with van der Waals surface area (Å²) in [5, 5.41) is 4.80. The van der Waals surface area contributed by atoms with Gasteiger partial charge in [-0.2, -0.15) is 0 Å². The summed E-state index contributed by atoms with van der Waals surface area (Å²) < 4.78 is 1.13. The molecule has 0 aliphatic carbocycles. The van der Waals surface area contributed by atoms with Crippen molar-refractivity contribution in [2.45, 2.75) is 17.4 Å². The van der Waals surface area contributed by atoms with Gasteiger partial charge in [-0.05, 0) is 59.2 Å². The van der Waals surface area contributed by atoms with Crippen molar-refractivity contribution in [3.63, 3.8) is 0 Å². The molecule has 0 aliphatic heterocycles. The molecule has 0 fully saturated rings. The Hall–Kier alpha value is -0.190. The van der Waals surface area contributed by atoms with E-state index >= 15 is 0 Å². The molecule has 0 saturated carbocycles. The molecule has 0 heterocycles. The normalized spacial score (nSPS) is 12.4. The Morgan fingerprint density at radius 1 is 1.10 bits per heavy atom. The molecule has 21 heavy (non-hydrogen) atoms. The molecule has 5 heteroatoms. The molecule has 0 amide bonds. The number of thioether (sulfide) groups is 1. The summed E-state index contributed by atoms with van der Waals surface area (Å²) in [6, 6.07) is 14.2. The topological polar surface area (TPSA) is 12.0 Å². The van der Waals surface area contributed by atoms with E-state index in [1.807, 2.05) is 49.1 Å². The lowest BCUT2D eigenvalue weighted by Crippen LogP contribution is -2.30. The molecule has 0 aromatic heterocycles. The summed E-state index contributed by atoms with van der Waals surface area (Å²) >= 11 is 17.9. The Bertz CT molecular complexity index is 586. The van der Waals surface area contributed by atoms with E-state index in [9.17, 15) is 0 Å². The van der Waals surface area contributed by atoms with E-state index in [4.69, 9.17) is 23.2 Å². The summed E-state index contributed by atoms with van der Waals surface area (Å²) in [4.78, 5) is 1.24. The molecule has 2 rings (SSSR count). The lowest BCUT2D eigenvalue weighted by Gasteiger charge is -2.18. The van der Waals surface area contributed by atoms with Gasteiger partial charge in [0.15, 0.2) is 0 Å². The second-order valence-corrected chi connectivity index (χ2v) is 7.36. The van der Waals surface area contributed by atoms with Crippen molar-refractivity contribution in [3.05, 3.63) is 62.5 Å².